The highest BCUT2D eigenvalue weighted by Gasteiger charge is 2.38. The zero-order chi connectivity index (χ0) is 21.9. The Balaban J connectivity index is 1.63. The topological polar surface area (TPSA) is 85.3 Å². The van der Waals surface area contributed by atoms with Gasteiger partial charge in [-0.25, -0.2) is 9.37 Å². The molecule has 0 saturated heterocycles. The zero-order valence-corrected chi connectivity index (χ0v) is 15.5. The number of aromatic nitrogens is 2. The van der Waals surface area contributed by atoms with Crippen molar-refractivity contribution in [2.75, 3.05) is 0 Å². The highest BCUT2D eigenvalue weighted by molar-refractivity contribution is 5.85. The average molecular weight is 424 g/mol. The van der Waals surface area contributed by atoms with Gasteiger partial charge in [0.25, 0.3) is 11.8 Å². The molecule has 2 amide bonds. The number of alkyl halides is 3. The summed E-state index contributed by atoms with van der Waals surface area (Å²) >= 11 is 0. The van der Waals surface area contributed by atoms with Gasteiger partial charge in [0.1, 0.15) is 18.1 Å². The Bertz CT molecular complexity index is 1060. The fraction of sp³-hybridized carbons (Fsp3) is 0.211. The third-order valence-electron chi connectivity index (χ3n) is 4.03. The van der Waals surface area contributed by atoms with Gasteiger partial charge in [0.2, 0.25) is 5.82 Å². The van der Waals surface area contributed by atoms with E-state index in [0.717, 1.165) is 16.7 Å². The molecule has 0 fully saturated rings. The van der Waals surface area contributed by atoms with Gasteiger partial charge in [-0.3, -0.25) is 20.4 Å². The van der Waals surface area contributed by atoms with Gasteiger partial charge in [0.15, 0.2) is 6.10 Å². The molecule has 1 heterocycles. The number of hydrazine groups is 1. The molecule has 2 aromatic carbocycles. The Kier molecular flexibility index (Phi) is 5.90. The van der Waals surface area contributed by atoms with E-state index in [0.29, 0.717) is 0 Å². The molecule has 11 heteroatoms. The first kappa shape index (κ1) is 21.1. The number of nitrogens with zero attached hydrogens (tertiary/aromatic N) is 2. The second-order valence-corrected chi connectivity index (χ2v) is 6.26. The first-order valence-corrected chi connectivity index (χ1v) is 8.68. The molecular weight excluding hydrogens is 408 g/mol. The number of hydrogen-bond donors (Lipinski definition) is 2. The van der Waals surface area contributed by atoms with Gasteiger partial charge in [-0.2, -0.15) is 13.2 Å². The maximum atomic E-state index is 13.3. The van der Waals surface area contributed by atoms with Gasteiger partial charge >= 0.3 is 6.18 Å². The minimum atomic E-state index is -4.76. The molecule has 1 aromatic heterocycles. The van der Waals surface area contributed by atoms with Crippen LogP contribution in [0.5, 0.6) is 5.75 Å². The monoisotopic (exact) mass is 424 g/mol. The fourth-order valence-corrected chi connectivity index (χ4v) is 2.64. The Morgan fingerprint density at radius 3 is 2.43 bits per heavy atom. The first-order chi connectivity index (χ1) is 14.1. The molecular formula is C19H16F4N4O3. The number of carbonyl (C=O) groups excluding carboxylic acids is 2. The molecule has 3 aromatic rings. The molecule has 1 unspecified atom stereocenters. The summed E-state index contributed by atoms with van der Waals surface area (Å²) in [6.07, 6.45) is -5.82. The van der Waals surface area contributed by atoms with E-state index in [4.69, 9.17) is 4.74 Å². The Hall–Kier alpha value is -3.63. The van der Waals surface area contributed by atoms with E-state index in [1.54, 1.807) is 0 Å². The number of rotatable bonds is 5. The smallest absolute Gasteiger partial charge is 0.449 e. The predicted octanol–water partition coefficient (Wildman–Crippen LogP) is 2.81. The minimum absolute atomic E-state index is 0.0861. The molecule has 30 heavy (non-hydrogen) atoms. The molecule has 3 rings (SSSR count). The van der Waals surface area contributed by atoms with Crippen LogP contribution in [0, 0.1) is 5.82 Å². The SMILES string of the molecule is CC(Oc1ccc(F)cc1)C(=O)NNC(=O)Cn1c(C(F)(F)F)nc2ccccc21. The second kappa shape index (κ2) is 8.39. The highest BCUT2D eigenvalue weighted by atomic mass is 19.4. The first-order valence-electron chi connectivity index (χ1n) is 8.68. The summed E-state index contributed by atoms with van der Waals surface area (Å²) in [6.45, 7) is 0.665. The molecule has 7 nitrogen and oxygen atoms in total. The molecule has 158 valence electrons. The van der Waals surface area contributed by atoms with Crippen molar-refractivity contribution < 1.29 is 31.9 Å². The van der Waals surface area contributed by atoms with E-state index in [1.165, 1.54) is 43.3 Å². The summed E-state index contributed by atoms with van der Waals surface area (Å²) in [5.41, 5.74) is 4.34. The third kappa shape index (κ3) is 4.85. The van der Waals surface area contributed by atoms with Gasteiger partial charge in [-0.05, 0) is 43.3 Å². The van der Waals surface area contributed by atoms with Crippen molar-refractivity contribution in [1.29, 1.82) is 0 Å². The molecule has 2 N–H and O–H groups in total. The Morgan fingerprint density at radius 1 is 1.10 bits per heavy atom. The summed E-state index contributed by atoms with van der Waals surface area (Å²) in [6, 6.07) is 10.8. The Morgan fingerprint density at radius 2 is 1.77 bits per heavy atom. The highest BCUT2D eigenvalue weighted by Crippen LogP contribution is 2.31. The van der Waals surface area contributed by atoms with Gasteiger partial charge in [0, 0.05) is 0 Å². The third-order valence-corrected chi connectivity index (χ3v) is 4.03. The number of nitrogens with one attached hydrogen (secondary N) is 2. The van der Waals surface area contributed by atoms with Gasteiger partial charge in [0.05, 0.1) is 11.0 Å². The second-order valence-electron chi connectivity index (χ2n) is 6.26. The van der Waals surface area contributed by atoms with Crippen molar-refractivity contribution in [3.05, 3.63) is 60.2 Å². The maximum absolute atomic E-state index is 13.3. The molecule has 0 bridgehead atoms. The van der Waals surface area contributed by atoms with Crippen LogP contribution in [-0.4, -0.2) is 27.5 Å². The summed E-state index contributed by atoms with van der Waals surface area (Å²) in [4.78, 5) is 27.7. The van der Waals surface area contributed by atoms with E-state index in [2.05, 4.69) is 10.4 Å². The van der Waals surface area contributed by atoms with E-state index < -0.39 is 42.3 Å². The summed E-state index contributed by atoms with van der Waals surface area (Å²) in [5.74, 6) is -3.12. The van der Waals surface area contributed by atoms with E-state index in [1.807, 2.05) is 5.43 Å². The number of imidazole rings is 1. The number of para-hydroxylation sites is 2. The lowest BCUT2D eigenvalue weighted by Gasteiger charge is -2.16. The van der Waals surface area contributed by atoms with Crippen LogP contribution in [0.1, 0.15) is 12.7 Å². The van der Waals surface area contributed by atoms with Crippen LogP contribution in [0.15, 0.2) is 48.5 Å². The van der Waals surface area contributed by atoms with Gasteiger partial charge in [-0.15, -0.1) is 0 Å². The van der Waals surface area contributed by atoms with E-state index in [9.17, 15) is 27.2 Å². The molecule has 0 spiro atoms. The molecule has 1 atom stereocenters. The molecule has 0 aliphatic carbocycles. The van der Waals surface area contributed by atoms with Gasteiger partial charge in [-0.1, -0.05) is 12.1 Å². The number of hydrogen-bond acceptors (Lipinski definition) is 4. The zero-order valence-electron chi connectivity index (χ0n) is 15.5. The van der Waals surface area contributed by atoms with Crippen molar-refractivity contribution in [3.63, 3.8) is 0 Å². The lowest BCUT2D eigenvalue weighted by Crippen LogP contribution is -2.48. The summed E-state index contributed by atoms with van der Waals surface area (Å²) in [5, 5.41) is 0. The predicted molar refractivity (Wildman–Crippen MR) is 97.5 cm³/mol. The quantitative estimate of drug-likeness (QED) is 0.487. The number of fused-ring (bicyclic) bond motifs is 1. The van der Waals surface area contributed by atoms with E-state index >= 15 is 0 Å². The molecule has 0 aliphatic heterocycles. The number of ether oxygens (including phenoxy) is 1. The summed E-state index contributed by atoms with van der Waals surface area (Å²) < 4.78 is 58.7. The fourth-order valence-electron chi connectivity index (χ4n) is 2.64. The number of carbonyl (C=O) groups is 2. The van der Waals surface area contributed by atoms with Crippen molar-refractivity contribution >= 4 is 22.8 Å². The average Bonchev–Trinajstić information content (AvgIpc) is 3.07. The molecule has 0 saturated carbocycles. The van der Waals surface area contributed by atoms with Crippen LogP contribution in [-0.2, 0) is 22.3 Å². The Labute approximate surface area is 167 Å². The number of halogens is 4. The minimum Gasteiger partial charge on any atom is -0.481 e. The lowest BCUT2D eigenvalue weighted by molar-refractivity contribution is -0.147. The van der Waals surface area contributed by atoms with Crippen LogP contribution < -0.4 is 15.6 Å². The van der Waals surface area contributed by atoms with Crippen molar-refractivity contribution in [3.8, 4) is 5.75 Å². The van der Waals surface area contributed by atoms with Crippen molar-refractivity contribution in [2.24, 2.45) is 0 Å². The van der Waals surface area contributed by atoms with E-state index in [-0.39, 0.29) is 16.8 Å². The number of amides is 2. The normalized spacial score (nSPS) is 12.4. The van der Waals surface area contributed by atoms with Crippen LogP contribution in [0.4, 0.5) is 17.6 Å². The maximum Gasteiger partial charge on any atom is 0.449 e. The van der Waals surface area contributed by atoms with Crippen molar-refractivity contribution in [2.45, 2.75) is 25.7 Å². The molecule has 0 radical (unpaired) electrons. The molecule has 0 aliphatic rings. The van der Waals surface area contributed by atoms with Crippen LogP contribution >= 0.6 is 0 Å². The van der Waals surface area contributed by atoms with Crippen LogP contribution in [0.25, 0.3) is 11.0 Å². The van der Waals surface area contributed by atoms with Crippen LogP contribution in [0.3, 0.4) is 0 Å². The van der Waals surface area contributed by atoms with Gasteiger partial charge < -0.3 is 9.30 Å². The van der Waals surface area contributed by atoms with Crippen LogP contribution in [0.2, 0.25) is 0 Å². The number of benzene rings is 2. The van der Waals surface area contributed by atoms with Crippen molar-refractivity contribution in [1.82, 2.24) is 20.4 Å². The largest absolute Gasteiger partial charge is 0.481 e. The lowest BCUT2D eigenvalue weighted by atomic mass is 10.3. The standard InChI is InChI=1S/C19H16F4N4O3/c1-11(30-13-8-6-12(20)7-9-13)17(29)26-25-16(28)10-27-15-5-3-2-4-14(15)24-18(27)19(21,22)23/h2-9,11H,10H2,1H3,(H,25,28)(H,26,29). The summed E-state index contributed by atoms with van der Waals surface area (Å²) in [7, 11) is 0.